The first kappa shape index (κ1) is 14.6. The third-order valence-electron chi connectivity index (χ3n) is 4.38. The molecule has 0 fully saturated rings. The number of aromatic nitrogens is 3. The fourth-order valence-electron chi connectivity index (χ4n) is 3.14. The molecule has 0 aliphatic rings. The van der Waals surface area contributed by atoms with Crippen LogP contribution in [0.15, 0.2) is 73.4 Å². The first-order chi connectivity index (χ1) is 11.7. The standard InChI is InChI=1S/C21H19N3/c1-15(2)20-14-24(18-6-4-10-23-13-18)21-8-7-16(11-19(20)21)17-5-3-9-22-12-17/h3-15H,1-2H3. The SMILES string of the molecule is CC(C)c1cn(-c2cccnc2)c2ccc(-c3cccnc3)cc12. The van der Waals surface area contributed by atoms with E-state index in [0.29, 0.717) is 5.92 Å². The van der Waals surface area contributed by atoms with E-state index in [0.717, 1.165) is 11.3 Å². The zero-order chi connectivity index (χ0) is 16.5. The maximum atomic E-state index is 4.26. The molecule has 24 heavy (non-hydrogen) atoms. The summed E-state index contributed by atoms with van der Waals surface area (Å²) in [5.41, 5.74) is 5.98. The molecule has 4 rings (SSSR count). The van der Waals surface area contributed by atoms with Gasteiger partial charge in [0.1, 0.15) is 0 Å². The Bertz CT molecular complexity index is 970. The Hall–Kier alpha value is -2.94. The molecule has 0 aliphatic heterocycles. The smallest absolute Gasteiger partial charge is 0.0639 e. The van der Waals surface area contributed by atoms with Crippen molar-refractivity contribution in [2.24, 2.45) is 0 Å². The van der Waals surface area contributed by atoms with Crippen LogP contribution in [0.25, 0.3) is 27.7 Å². The van der Waals surface area contributed by atoms with E-state index >= 15 is 0 Å². The van der Waals surface area contributed by atoms with Gasteiger partial charge in [-0.1, -0.05) is 26.0 Å². The van der Waals surface area contributed by atoms with Crippen molar-refractivity contribution in [3.05, 3.63) is 79.0 Å². The number of rotatable bonds is 3. The second kappa shape index (κ2) is 5.93. The molecule has 0 radical (unpaired) electrons. The lowest BCUT2D eigenvalue weighted by molar-refractivity contribution is 0.869. The first-order valence-corrected chi connectivity index (χ1v) is 8.20. The average Bonchev–Trinajstić information content (AvgIpc) is 3.02. The normalized spacial score (nSPS) is 11.3. The van der Waals surface area contributed by atoms with Crippen LogP contribution in [0.2, 0.25) is 0 Å². The lowest BCUT2D eigenvalue weighted by Gasteiger charge is -2.06. The van der Waals surface area contributed by atoms with Gasteiger partial charge in [-0.05, 0) is 47.4 Å². The molecular weight excluding hydrogens is 294 g/mol. The van der Waals surface area contributed by atoms with Crippen LogP contribution >= 0.6 is 0 Å². The van der Waals surface area contributed by atoms with Gasteiger partial charge in [0, 0.05) is 35.7 Å². The molecule has 3 nitrogen and oxygen atoms in total. The Morgan fingerprint density at radius 3 is 2.33 bits per heavy atom. The summed E-state index contributed by atoms with van der Waals surface area (Å²) in [6.07, 6.45) is 9.66. The number of benzene rings is 1. The largest absolute Gasteiger partial charge is 0.315 e. The molecule has 118 valence electrons. The second-order valence-corrected chi connectivity index (χ2v) is 6.29. The highest BCUT2D eigenvalue weighted by molar-refractivity contribution is 5.90. The topological polar surface area (TPSA) is 30.7 Å². The summed E-state index contributed by atoms with van der Waals surface area (Å²) in [6.45, 7) is 4.47. The Balaban J connectivity index is 1.95. The molecular formula is C21H19N3. The van der Waals surface area contributed by atoms with E-state index in [9.17, 15) is 0 Å². The first-order valence-electron chi connectivity index (χ1n) is 8.20. The van der Waals surface area contributed by atoms with E-state index in [4.69, 9.17) is 0 Å². The summed E-state index contributed by atoms with van der Waals surface area (Å²) in [5, 5.41) is 1.29. The number of nitrogens with zero attached hydrogens (tertiary/aromatic N) is 3. The van der Waals surface area contributed by atoms with Crippen LogP contribution in [-0.4, -0.2) is 14.5 Å². The number of fused-ring (bicyclic) bond motifs is 1. The molecule has 0 unspecified atom stereocenters. The zero-order valence-electron chi connectivity index (χ0n) is 13.8. The predicted octanol–water partition coefficient (Wildman–Crippen LogP) is 5.21. The van der Waals surface area contributed by atoms with E-state index in [-0.39, 0.29) is 0 Å². The monoisotopic (exact) mass is 313 g/mol. The van der Waals surface area contributed by atoms with E-state index in [2.05, 4.69) is 64.9 Å². The van der Waals surface area contributed by atoms with E-state index in [1.165, 1.54) is 22.0 Å². The number of pyridine rings is 2. The zero-order valence-corrected chi connectivity index (χ0v) is 13.8. The molecule has 3 heteroatoms. The van der Waals surface area contributed by atoms with Gasteiger partial charge in [0.2, 0.25) is 0 Å². The van der Waals surface area contributed by atoms with Gasteiger partial charge in [-0.15, -0.1) is 0 Å². The van der Waals surface area contributed by atoms with Crippen molar-refractivity contribution in [2.75, 3.05) is 0 Å². The second-order valence-electron chi connectivity index (χ2n) is 6.29. The molecule has 0 atom stereocenters. The maximum absolute atomic E-state index is 4.26. The lowest BCUT2D eigenvalue weighted by Crippen LogP contribution is -1.92. The van der Waals surface area contributed by atoms with Crippen LogP contribution in [0.5, 0.6) is 0 Å². The van der Waals surface area contributed by atoms with Gasteiger partial charge in [0.25, 0.3) is 0 Å². The molecule has 4 aromatic rings. The summed E-state index contributed by atoms with van der Waals surface area (Å²) >= 11 is 0. The van der Waals surface area contributed by atoms with Crippen molar-refractivity contribution in [2.45, 2.75) is 19.8 Å². The Morgan fingerprint density at radius 2 is 1.67 bits per heavy atom. The predicted molar refractivity (Wildman–Crippen MR) is 98.4 cm³/mol. The molecule has 0 N–H and O–H groups in total. The van der Waals surface area contributed by atoms with Gasteiger partial charge in [-0.25, -0.2) is 0 Å². The fraction of sp³-hybridized carbons (Fsp3) is 0.143. The van der Waals surface area contributed by atoms with Crippen molar-refractivity contribution in [1.82, 2.24) is 14.5 Å². The molecule has 0 bridgehead atoms. The van der Waals surface area contributed by atoms with Gasteiger partial charge in [0.15, 0.2) is 0 Å². The van der Waals surface area contributed by atoms with Crippen molar-refractivity contribution in [3.8, 4) is 16.8 Å². The third kappa shape index (κ3) is 2.48. The van der Waals surface area contributed by atoms with Crippen LogP contribution in [0.1, 0.15) is 25.3 Å². The highest BCUT2D eigenvalue weighted by Crippen LogP contribution is 2.33. The molecule has 0 amide bonds. The van der Waals surface area contributed by atoms with Gasteiger partial charge in [-0.3, -0.25) is 9.97 Å². The van der Waals surface area contributed by atoms with E-state index in [1.807, 2.05) is 24.5 Å². The van der Waals surface area contributed by atoms with Crippen LogP contribution in [-0.2, 0) is 0 Å². The van der Waals surface area contributed by atoms with Crippen molar-refractivity contribution >= 4 is 10.9 Å². The highest BCUT2D eigenvalue weighted by atomic mass is 15.0. The highest BCUT2D eigenvalue weighted by Gasteiger charge is 2.13. The summed E-state index contributed by atoms with van der Waals surface area (Å²) in [4.78, 5) is 8.50. The van der Waals surface area contributed by atoms with Crippen LogP contribution < -0.4 is 0 Å². The van der Waals surface area contributed by atoms with E-state index < -0.39 is 0 Å². The number of hydrogen-bond acceptors (Lipinski definition) is 2. The lowest BCUT2D eigenvalue weighted by atomic mass is 9.99. The molecule has 0 saturated carbocycles. The number of hydrogen-bond donors (Lipinski definition) is 0. The summed E-state index contributed by atoms with van der Waals surface area (Å²) in [6, 6.07) is 14.8. The Morgan fingerprint density at radius 1 is 0.875 bits per heavy atom. The van der Waals surface area contributed by atoms with Crippen molar-refractivity contribution in [1.29, 1.82) is 0 Å². The fourth-order valence-corrected chi connectivity index (χ4v) is 3.14. The van der Waals surface area contributed by atoms with Crippen LogP contribution in [0.4, 0.5) is 0 Å². The van der Waals surface area contributed by atoms with Crippen molar-refractivity contribution in [3.63, 3.8) is 0 Å². The maximum Gasteiger partial charge on any atom is 0.0639 e. The molecule has 0 aliphatic carbocycles. The van der Waals surface area contributed by atoms with E-state index in [1.54, 1.807) is 12.4 Å². The summed E-state index contributed by atoms with van der Waals surface area (Å²) in [7, 11) is 0. The molecule has 1 aromatic carbocycles. The molecule has 0 spiro atoms. The van der Waals surface area contributed by atoms with Gasteiger partial charge >= 0.3 is 0 Å². The average molecular weight is 313 g/mol. The van der Waals surface area contributed by atoms with Gasteiger partial charge in [-0.2, -0.15) is 0 Å². The molecule has 3 aromatic heterocycles. The quantitative estimate of drug-likeness (QED) is 0.520. The minimum Gasteiger partial charge on any atom is -0.315 e. The molecule has 0 saturated heterocycles. The van der Waals surface area contributed by atoms with Crippen molar-refractivity contribution < 1.29 is 0 Å². The van der Waals surface area contributed by atoms with Crippen LogP contribution in [0, 0.1) is 0 Å². The minimum absolute atomic E-state index is 0.453. The summed E-state index contributed by atoms with van der Waals surface area (Å²) in [5.74, 6) is 0.453. The van der Waals surface area contributed by atoms with Gasteiger partial charge < -0.3 is 4.57 Å². The van der Waals surface area contributed by atoms with Gasteiger partial charge in [0.05, 0.1) is 17.4 Å². The Kier molecular flexibility index (Phi) is 3.62. The minimum atomic E-state index is 0.453. The Labute approximate surface area is 141 Å². The van der Waals surface area contributed by atoms with Crippen LogP contribution in [0.3, 0.4) is 0 Å². The summed E-state index contributed by atoms with van der Waals surface area (Å²) < 4.78 is 2.23. The molecule has 3 heterocycles. The third-order valence-corrected chi connectivity index (χ3v) is 4.38.